The van der Waals surface area contributed by atoms with E-state index in [4.69, 9.17) is 17.3 Å². The lowest BCUT2D eigenvalue weighted by molar-refractivity contribution is -0.113. The van der Waals surface area contributed by atoms with Crippen LogP contribution < -0.4 is 5.73 Å². The molecule has 0 saturated carbocycles. The standard InChI is InChI=1S/C16H12ClN3O/c17-12-6-9-15-19-16(11-4-2-1-3-5-11)13(20(15)10-12)7-8-14(18)21/h1-10H,(H2,18,21). The van der Waals surface area contributed by atoms with E-state index in [1.54, 1.807) is 18.3 Å². The van der Waals surface area contributed by atoms with Crippen molar-refractivity contribution >= 4 is 29.2 Å². The van der Waals surface area contributed by atoms with E-state index in [2.05, 4.69) is 4.98 Å². The fourth-order valence-corrected chi connectivity index (χ4v) is 2.33. The molecule has 0 saturated heterocycles. The molecule has 2 N–H and O–H groups in total. The fraction of sp³-hybridized carbons (Fsp3) is 0. The molecule has 21 heavy (non-hydrogen) atoms. The summed E-state index contributed by atoms with van der Waals surface area (Å²) in [5, 5.41) is 0.591. The first-order chi connectivity index (χ1) is 10.1. The Hall–Kier alpha value is -2.59. The number of nitrogens with zero attached hydrogens (tertiary/aromatic N) is 2. The maximum absolute atomic E-state index is 11.0. The monoisotopic (exact) mass is 297 g/mol. The topological polar surface area (TPSA) is 60.4 Å². The fourth-order valence-electron chi connectivity index (χ4n) is 2.17. The average molecular weight is 298 g/mol. The smallest absolute Gasteiger partial charge is 0.241 e. The van der Waals surface area contributed by atoms with Crippen molar-refractivity contribution in [3.63, 3.8) is 0 Å². The minimum Gasteiger partial charge on any atom is -0.366 e. The highest BCUT2D eigenvalue weighted by atomic mass is 35.5. The highest BCUT2D eigenvalue weighted by molar-refractivity contribution is 6.30. The molecule has 104 valence electrons. The van der Waals surface area contributed by atoms with E-state index in [1.165, 1.54) is 6.08 Å². The first-order valence-corrected chi connectivity index (χ1v) is 6.73. The summed E-state index contributed by atoms with van der Waals surface area (Å²) in [5.74, 6) is -0.508. The van der Waals surface area contributed by atoms with E-state index in [1.807, 2.05) is 40.8 Å². The number of hydrogen-bond donors (Lipinski definition) is 1. The van der Waals surface area contributed by atoms with E-state index < -0.39 is 5.91 Å². The Labute approximate surface area is 126 Å². The lowest BCUT2D eigenvalue weighted by atomic mass is 10.1. The van der Waals surface area contributed by atoms with Crippen LogP contribution in [0.3, 0.4) is 0 Å². The Balaban J connectivity index is 2.28. The number of carbonyl (C=O) groups excluding carboxylic acids is 1. The molecule has 0 fully saturated rings. The second-order valence-corrected chi connectivity index (χ2v) is 4.96. The summed E-state index contributed by atoms with van der Waals surface area (Å²) >= 11 is 6.04. The second-order valence-electron chi connectivity index (χ2n) is 4.52. The normalized spacial score (nSPS) is 11.3. The van der Waals surface area contributed by atoms with Gasteiger partial charge in [-0.15, -0.1) is 0 Å². The quantitative estimate of drug-likeness (QED) is 0.755. The Morgan fingerprint density at radius 3 is 2.67 bits per heavy atom. The number of hydrogen-bond acceptors (Lipinski definition) is 2. The molecular formula is C16H12ClN3O. The Bertz CT molecular complexity index is 837. The van der Waals surface area contributed by atoms with Gasteiger partial charge < -0.3 is 5.73 Å². The number of primary amides is 1. The van der Waals surface area contributed by atoms with Crippen LogP contribution in [0, 0.1) is 0 Å². The van der Waals surface area contributed by atoms with Crippen LogP contribution in [0.15, 0.2) is 54.7 Å². The van der Waals surface area contributed by atoms with Crippen LogP contribution in [0.4, 0.5) is 0 Å². The Morgan fingerprint density at radius 2 is 1.95 bits per heavy atom. The van der Waals surface area contributed by atoms with Gasteiger partial charge in [0.2, 0.25) is 5.91 Å². The molecule has 2 heterocycles. The maximum Gasteiger partial charge on any atom is 0.241 e. The third kappa shape index (κ3) is 2.66. The van der Waals surface area contributed by atoms with Gasteiger partial charge in [0, 0.05) is 17.8 Å². The first-order valence-electron chi connectivity index (χ1n) is 6.36. The van der Waals surface area contributed by atoms with Gasteiger partial charge in [0.1, 0.15) is 5.65 Å². The zero-order valence-electron chi connectivity index (χ0n) is 11.0. The number of imidazole rings is 1. The van der Waals surface area contributed by atoms with Gasteiger partial charge in [-0.25, -0.2) is 4.98 Å². The molecule has 0 aliphatic heterocycles. The highest BCUT2D eigenvalue weighted by Crippen LogP contribution is 2.26. The van der Waals surface area contributed by atoms with Crippen molar-refractivity contribution in [1.82, 2.24) is 9.38 Å². The van der Waals surface area contributed by atoms with Crippen molar-refractivity contribution < 1.29 is 4.79 Å². The Morgan fingerprint density at radius 1 is 1.19 bits per heavy atom. The molecule has 0 atom stereocenters. The van der Waals surface area contributed by atoms with Crippen LogP contribution in [0.2, 0.25) is 5.02 Å². The van der Waals surface area contributed by atoms with Crippen LogP contribution in [0.1, 0.15) is 5.69 Å². The minimum atomic E-state index is -0.508. The van der Waals surface area contributed by atoms with Gasteiger partial charge in [0.05, 0.1) is 16.4 Å². The molecule has 1 aromatic carbocycles. The number of aromatic nitrogens is 2. The maximum atomic E-state index is 11.0. The third-order valence-electron chi connectivity index (χ3n) is 3.07. The van der Waals surface area contributed by atoms with Crippen molar-refractivity contribution in [3.8, 4) is 11.3 Å². The molecule has 0 radical (unpaired) electrons. The van der Waals surface area contributed by atoms with Crippen LogP contribution >= 0.6 is 11.6 Å². The zero-order chi connectivity index (χ0) is 14.8. The zero-order valence-corrected chi connectivity index (χ0v) is 11.8. The molecule has 1 amide bonds. The van der Waals surface area contributed by atoms with Gasteiger partial charge in [-0.05, 0) is 18.2 Å². The summed E-state index contributed by atoms with van der Waals surface area (Å²) in [5.41, 5.74) is 8.44. The summed E-state index contributed by atoms with van der Waals surface area (Å²) in [6.07, 6.45) is 4.73. The minimum absolute atomic E-state index is 0.508. The number of halogens is 1. The molecule has 0 spiro atoms. The van der Waals surface area contributed by atoms with Gasteiger partial charge in [0.25, 0.3) is 0 Å². The molecule has 0 unspecified atom stereocenters. The van der Waals surface area contributed by atoms with Crippen LogP contribution in [0.5, 0.6) is 0 Å². The van der Waals surface area contributed by atoms with Gasteiger partial charge in [0.15, 0.2) is 0 Å². The number of benzene rings is 1. The summed E-state index contributed by atoms with van der Waals surface area (Å²) < 4.78 is 1.84. The molecule has 4 nitrogen and oxygen atoms in total. The van der Waals surface area contributed by atoms with E-state index >= 15 is 0 Å². The first kappa shape index (κ1) is 13.4. The third-order valence-corrected chi connectivity index (χ3v) is 3.30. The predicted molar refractivity (Wildman–Crippen MR) is 83.9 cm³/mol. The van der Waals surface area contributed by atoms with Crippen LogP contribution in [0.25, 0.3) is 23.0 Å². The number of amides is 1. The predicted octanol–water partition coefficient (Wildman–Crippen LogP) is 3.15. The van der Waals surface area contributed by atoms with E-state index in [0.29, 0.717) is 5.02 Å². The lowest BCUT2D eigenvalue weighted by Gasteiger charge is -2.00. The number of rotatable bonds is 3. The van der Waals surface area contributed by atoms with Gasteiger partial charge in [-0.1, -0.05) is 41.9 Å². The second kappa shape index (κ2) is 5.42. The number of fused-ring (bicyclic) bond motifs is 1. The number of carbonyl (C=O) groups is 1. The molecule has 5 heteroatoms. The summed E-state index contributed by atoms with van der Waals surface area (Å²) in [6, 6.07) is 13.4. The van der Waals surface area contributed by atoms with Gasteiger partial charge in [-0.2, -0.15) is 0 Å². The van der Waals surface area contributed by atoms with Crippen molar-refractivity contribution in [2.24, 2.45) is 5.73 Å². The number of nitrogens with two attached hydrogens (primary N) is 1. The van der Waals surface area contributed by atoms with E-state index in [9.17, 15) is 4.79 Å². The lowest BCUT2D eigenvalue weighted by Crippen LogP contribution is -2.05. The largest absolute Gasteiger partial charge is 0.366 e. The van der Waals surface area contributed by atoms with E-state index in [0.717, 1.165) is 22.6 Å². The molecule has 0 aliphatic rings. The molecular weight excluding hydrogens is 286 g/mol. The highest BCUT2D eigenvalue weighted by Gasteiger charge is 2.12. The van der Waals surface area contributed by atoms with Crippen LogP contribution in [-0.4, -0.2) is 15.3 Å². The SMILES string of the molecule is NC(=O)C=Cc1c(-c2ccccc2)nc2ccc(Cl)cn12. The Kier molecular flexibility index (Phi) is 3.46. The molecule has 3 rings (SSSR count). The van der Waals surface area contributed by atoms with Gasteiger partial charge >= 0.3 is 0 Å². The van der Waals surface area contributed by atoms with Crippen LogP contribution in [-0.2, 0) is 4.79 Å². The summed E-state index contributed by atoms with van der Waals surface area (Å²) in [4.78, 5) is 15.6. The molecule has 2 aromatic heterocycles. The van der Waals surface area contributed by atoms with Crippen molar-refractivity contribution in [2.45, 2.75) is 0 Å². The van der Waals surface area contributed by atoms with Crippen molar-refractivity contribution in [2.75, 3.05) is 0 Å². The molecule has 0 aliphatic carbocycles. The van der Waals surface area contributed by atoms with Crippen molar-refractivity contribution in [3.05, 3.63) is 65.5 Å². The number of pyridine rings is 1. The molecule has 3 aromatic rings. The van der Waals surface area contributed by atoms with E-state index in [-0.39, 0.29) is 0 Å². The van der Waals surface area contributed by atoms with Crippen molar-refractivity contribution in [1.29, 1.82) is 0 Å². The van der Waals surface area contributed by atoms with Gasteiger partial charge in [-0.3, -0.25) is 9.20 Å². The molecule has 0 bridgehead atoms. The summed E-state index contributed by atoms with van der Waals surface area (Å²) in [6.45, 7) is 0. The summed E-state index contributed by atoms with van der Waals surface area (Å²) in [7, 11) is 0. The average Bonchev–Trinajstić information content (AvgIpc) is 2.84.